The Labute approximate surface area is 86.3 Å². The van der Waals surface area contributed by atoms with Gasteiger partial charge in [0.15, 0.2) is 0 Å². The predicted octanol–water partition coefficient (Wildman–Crippen LogP) is -0.271. The largest absolute Gasteiger partial charge is 0.477 e. The van der Waals surface area contributed by atoms with Crippen molar-refractivity contribution in [3.8, 4) is 0 Å². The summed E-state index contributed by atoms with van der Waals surface area (Å²) in [7, 11) is 1.62. The summed E-state index contributed by atoms with van der Waals surface area (Å²) in [4.78, 5) is 22.5. The van der Waals surface area contributed by atoms with Crippen molar-refractivity contribution in [2.75, 3.05) is 6.54 Å². The first kappa shape index (κ1) is 9.92. The van der Waals surface area contributed by atoms with E-state index < -0.39 is 11.5 Å². The van der Waals surface area contributed by atoms with Crippen LogP contribution in [0, 0.1) is 0 Å². The maximum Gasteiger partial charge on any atom is 0.341 e. The summed E-state index contributed by atoms with van der Waals surface area (Å²) in [5, 5.41) is 12.0. The summed E-state index contributed by atoms with van der Waals surface area (Å²) in [6.07, 6.45) is 0.765. The van der Waals surface area contributed by atoms with Crippen molar-refractivity contribution in [1.29, 1.82) is 0 Å². The van der Waals surface area contributed by atoms with Crippen molar-refractivity contribution in [1.82, 2.24) is 9.88 Å². The lowest BCUT2D eigenvalue weighted by molar-refractivity contribution is 0.0694. The average molecular weight is 208 g/mol. The van der Waals surface area contributed by atoms with E-state index in [2.05, 4.69) is 5.32 Å². The van der Waals surface area contributed by atoms with Gasteiger partial charge in [0.1, 0.15) is 5.56 Å². The topological polar surface area (TPSA) is 71.3 Å². The summed E-state index contributed by atoms with van der Waals surface area (Å²) in [5.41, 5.74) is 1.26. The zero-order valence-electron chi connectivity index (χ0n) is 8.41. The summed E-state index contributed by atoms with van der Waals surface area (Å²) in [6.45, 7) is 1.45. The van der Waals surface area contributed by atoms with Crippen LogP contribution in [0.5, 0.6) is 0 Å². The number of fused-ring (bicyclic) bond motifs is 1. The van der Waals surface area contributed by atoms with Crippen molar-refractivity contribution in [2.45, 2.75) is 13.0 Å². The molecule has 2 N–H and O–H groups in total. The second-order valence-electron chi connectivity index (χ2n) is 3.63. The van der Waals surface area contributed by atoms with Crippen LogP contribution in [0.25, 0.3) is 0 Å². The monoisotopic (exact) mass is 208 g/mol. The van der Waals surface area contributed by atoms with Crippen molar-refractivity contribution in [3.63, 3.8) is 0 Å². The molecule has 0 fully saturated rings. The SMILES string of the molecule is Cn1c2c(cc(C(=O)O)c1=O)CNCC2. The van der Waals surface area contributed by atoms with Crippen LogP contribution in [-0.4, -0.2) is 22.2 Å². The highest BCUT2D eigenvalue weighted by Gasteiger charge is 2.18. The molecular formula is C10H12N2O3. The molecule has 0 atom stereocenters. The Morgan fingerprint density at radius 1 is 1.60 bits per heavy atom. The number of aromatic nitrogens is 1. The quantitative estimate of drug-likeness (QED) is 0.666. The lowest BCUT2D eigenvalue weighted by atomic mass is 10.0. The van der Waals surface area contributed by atoms with Gasteiger partial charge in [0.2, 0.25) is 0 Å². The van der Waals surface area contributed by atoms with E-state index in [1.807, 2.05) is 0 Å². The van der Waals surface area contributed by atoms with Crippen LogP contribution in [-0.2, 0) is 20.0 Å². The van der Waals surface area contributed by atoms with Gasteiger partial charge in [0.25, 0.3) is 5.56 Å². The number of hydrogen-bond donors (Lipinski definition) is 2. The third-order valence-corrected chi connectivity index (χ3v) is 2.71. The molecule has 0 spiro atoms. The van der Waals surface area contributed by atoms with Crippen LogP contribution >= 0.6 is 0 Å². The lowest BCUT2D eigenvalue weighted by Crippen LogP contribution is -2.34. The van der Waals surface area contributed by atoms with Crippen molar-refractivity contribution < 1.29 is 9.90 Å². The molecule has 2 heterocycles. The van der Waals surface area contributed by atoms with Crippen LogP contribution in [0.2, 0.25) is 0 Å². The third-order valence-electron chi connectivity index (χ3n) is 2.71. The maximum atomic E-state index is 11.6. The van der Waals surface area contributed by atoms with Gasteiger partial charge in [-0.1, -0.05) is 0 Å². The molecule has 0 radical (unpaired) electrons. The second-order valence-corrected chi connectivity index (χ2v) is 3.63. The summed E-state index contributed by atoms with van der Waals surface area (Å²) < 4.78 is 1.44. The highest BCUT2D eigenvalue weighted by atomic mass is 16.4. The molecule has 5 heteroatoms. The summed E-state index contributed by atoms with van der Waals surface area (Å²) in [5.74, 6) is -1.16. The molecule has 1 aliphatic rings. The zero-order chi connectivity index (χ0) is 11.0. The molecule has 1 aromatic rings. The number of nitrogens with one attached hydrogen (secondary N) is 1. The Bertz CT molecular complexity index is 476. The lowest BCUT2D eigenvalue weighted by Gasteiger charge is -2.20. The molecule has 0 bridgehead atoms. The predicted molar refractivity (Wildman–Crippen MR) is 54.1 cm³/mol. The van der Waals surface area contributed by atoms with Crippen LogP contribution < -0.4 is 10.9 Å². The molecule has 2 rings (SSSR count). The van der Waals surface area contributed by atoms with Crippen LogP contribution in [0.4, 0.5) is 0 Å². The van der Waals surface area contributed by atoms with E-state index in [-0.39, 0.29) is 5.56 Å². The smallest absolute Gasteiger partial charge is 0.341 e. The molecule has 80 valence electrons. The molecule has 0 aliphatic carbocycles. The van der Waals surface area contributed by atoms with E-state index in [0.717, 1.165) is 24.2 Å². The molecule has 15 heavy (non-hydrogen) atoms. The van der Waals surface area contributed by atoms with Crippen LogP contribution in [0.3, 0.4) is 0 Å². The number of hydrogen-bond acceptors (Lipinski definition) is 3. The number of carboxylic acids is 1. The molecule has 0 saturated heterocycles. The number of carboxylic acid groups (broad SMARTS) is 1. The molecule has 0 saturated carbocycles. The van der Waals surface area contributed by atoms with E-state index >= 15 is 0 Å². The van der Waals surface area contributed by atoms with Gasteiger partial charge in [0, 0.05) is 32.3 Å². The van der Waals surface area contributed by atoms with Gasteiger partial charge in [0.05, 0.1) is 0 Å². The number of pyridine rings is 1. The number of rotatable bonds is 1. The molecule has 0 unspecified atom stereocenters. The first-order valence-corrected chi connectivity index (χ1v) is 4.77. The normalized spacial score (nSPS) is 14.7. The van der Waals surface area contributed by atoms with Crippen molar-refractivity contribution in [2.24, 2.45) is 7.05 Å². The molecular weight excluding hydrogens is 196 g/mol. The Morgan fingerprint density at radius 3 is 3.00 bits per heavy atom. The van der Waals surface area contributed by atoms with Gasteiger partial charge < -0.3 is 15.0 Å². The Balaban J connectivity index is 2.68. The summed E-state index contributed by atoms with van der Waals surface area (Å²) >= 11 is 0. The Morgan fingerprint density at radius 2 is 2.33 bits per heavy atom. The van der Waals surface area contributed by atoms with Crippen molar-refractivity contribution in [3.05, 3.63) is 33.2 Å². The van der Waals surface area contributed by atoms with Gasteiger partial charge in [-0.25, -0.2) is 4.79 Å². The van der Waals surface area contributed by atoms with E-state index in [0.29, 0.717) is 6.54 Å². The van der Waals surface area contributed by atoms with Crippen molar-refractivity contribution >= 4 is 5.97 Å². The van der Waals surface area contributed by atoms with E-state index in [9.17, 15) is 9.59 Å². The Hall–Kier alpha value is -1.62. The third kappa shape index (κ3) is 1.55. The number of nitrogens with zero attached hydrogens (tertiary/aromatic N) is 1. The first-order chi connectivity index (χ1) is 7.11. The molecule has 5 nitrogen and oxygen atoms in total. The van der Waals surface area contributed by atoms with E-state index in [1.54, 1.807) is 7.05 Å². The molecule has 1 aromatic heterocycles. The molecule has 0 amide bonds. The van der Waals surface area contributed by atoms with Crippen LogP contribution in [0.15, 0.2) is 10.9 Å². The minimum atomic E-state index is -1.16. The second kappa shape index (κ2) is 3.51. The maximum absolute atomic E-state index is 11.6. The van der Waals surface area contributed by atoms with Crippen LogP contribution in [0.1, 0.15) is 21.6 Å². The average Bonchev–Trinajstić information content (AvgIpc) is 2.23. The van der Waals surface area contributed by atoms with Gasteiger partial charge in [-0.05, 0) is 11.6 Å². The van der Waals surface area contributed by atoms with Gasteiger partial charge in [-0.15, -0.1) is 0 Å². The van der Waals surface area contributed by atoms with E-state index in [1.165, 1.54) is 10.6 Å². The minimum Gasteiger partial charge on any atom is -0.477 e. The molecule has 0 aromatic carbocycles. The number of aromatic carboxylic acids is 1. The highest BCUT2D eigenvalue weighted by Crippen LogP contribution is 2.12. The van der Waals surface area contributed by atoms with Gasteiger partial charge >= 0.3 is 5.97 Å². The number of carbonyl (C=O) groups is 1. The zero-order valence-corrected chi connectivity index (χ0v) is 8.41. The first-order valence-electron chi connectivity index (χ1n) is 4.77. The van der Waals surface area contributed by atoms with Gasteiger partial charge in [-0.2, -0.15) is 0 Å². The van der Waals surface area contributed by atoms with E-state index in [4.69, 9.17) is 5.11 Å². The Kier molecular flexibility index (Phi) is 2.32. The fraction of sp³-hybridized carbons (Fsp3) is 0.400. The highest BCUT2D eigenvalue weighted by molar-refractivity contribution is 5.87. The molecule has 1 aliphatic heterocycles. The fourth-order valence-corrected chi connectivity index (χ4v) is 1.90. The fourth-order valence-electron chi connectivity index (χ4n) is 1.90. The standard InChI is InChI=1S/C10H12N2O3/c1-12-8-2-3-11-5-6(8)4-7(9(12)13)10(14)15/h4,11H,2-3,5H2,1H3,(H,14,15). The minimum absolute atomic E-state index is 0.153. The van der Waals surface area contributed by atoms with Gasteiger partial charge in [-0.3, -0.25) is 4.79 Å². The summed E-state index contributed by atoms with van der Waals surface area (Å²) in [6, 6.07) is 1.48.